The number of esters is 1. The Morgan fingerprint density at radius 2 is 1.65 bits per heavy atom. The van der Waals surface area contributed by atoms with Crippen LogP contribution < -0.4 is 4.74 Å². The zero-order valence-electron chi connectivity index (χ0n) is 9.71. The summed E-state index contributed by atoms with van der Waals surface area (Å²) in [4.78, 5) is 11.0. The summed E-state index contributed by atoms with van der Waals surface area (Å²) in [5, 5.41) is 7.07. The van der Waals surface area contributed by atoms with Crippen molar-refractivity contribution in [3.8, 4) is 5.75 Å². The average molecular weight is 297 g/mol. The van der Waals surface area contributed by atoms with Crippen molar-refractivity contribution in [2.45, 2.75) is 12.1 Å². The lowest BCUT2D eigenvalue weighted by Gasteiger charge is -2.19. The van der Waals surface area contributed by atoms with Crippen LogP contribution in [-0.4, -0.2) is 30.6 Å². The molecule has 9 heteroatoms. The Bertz CT molecular complexity index is 487. The Labute approximate surface area is 109 Å². The van der Waals surface area contributed by atoms with Gasteiger partial charge in [0.1, 0.15) is 5.75 Å². The molecule has 0 aliphatic heterocycles. The Balaban J connectivity index is 2.53. The van der Waals surface area contributed by atoms with E-state index in [0.717, 1.165) is 0 Å². The van der Waals surface area contributed by atoms with Crippen LogP contribution in [0, 0.1) is 5.41 Å². The summed E-state index contributed by atoms with van der Waals surface area (Å²) < 4.78 is 68.7. The van der Waals surface area contributed by atoms with Gasteiger partial charge < -0.3 is 9.47 Å². The molecule has 0 amide bonds. The Morgan fingerprint density at radius 3 is 2.15 bits per heavy atom. The third-order valence-electron chi connectivity index (χ3n) is 1.95. The summed E-state index contributed by atoms with van der Waals surface area (Å²) in [5.74, 6) is -8.07. The van der Waals surface area contributed by atoms with Crippen LogP contribution in [0.25, 0.3) is 0 Å². The molecule has 1 aromatic carbocycles. The van der Waals surface area contributed by atoms with Gasteiger partial charge in [0.15, 0.2) is 6.61 Å². The van der Waals surface area contributed by atoms with Crippen LogP contribution in [0.15, 0.2) is 30.3 Å². The fourth-order valence-electron chi connectivity index (χ4n) is 0.952. The number of benzene rings is 1. The smallest absolute Gasteiger partial charge is 0.452 e. The summed E-state index contributed by atoms with van der Waals surface area (Å²) in [6, 6.07) is 7.33. The van der Waals surface area contributed by atoms with Gasteiger partial charge in [0.2, 0.25) is 0 Å². The molecule has 0 aromatic heterocycles. The number of rotatable bonds is 3. The first kappa shape index (κ1) is 15.9. The number of alkyl halides is 5. The molecule has 0 aliphatic carbocycles. The van der Waals surface area contributed by atoms with E-state index in [2.05, 4.69) is 9.47 Å². The summed E-state index contributed by atoms with van der Waals surface area (Å²) in [5.41, 5.74) is 0. The van der Waals surface area contributed by atoms with Crippen LogP contribution >= 0.6 is 0 Å². The van der Waals surface area contributed by atoms with Crippen LogP contribution in [0.2, 0.25) is 0 Å². The van der Waals surface area contributed by atoms with E-state index in [1.807, 2.05) is 0 Å². The lowest BCUT2D eigenvalue weighted by molar-refractivity contribution is -0.293. The molecule has 4 nitrogen and oxygen atoms in total. The van der Waals surface area contributed by atoms with E-state index in [4.69, 9.17) is 5.41 Å². The van der Waals surface area contributed by atoms with Gasteiger partial charge in [-0.3, -0.25) is 5.41 Å². The number of nitrogens with one attached hydrogen (secondary N) is 1. The topological polar surface area (TPSA) is 59.4 Å². The van der Waals surface area contributed by atoms with Crippen LogP contribution in [0.3, 0.4) is 0 Å². The highest BCUT2D eigenvalue weighted by Gasteiger charge is 2.58. The van der Waals surface area contributed by atoms with E-state index in [1.165, 1.54) is 24.3 Å². The third kappa shape index (κ3) is 4.18. The fourth-order valence-corrected chi connectivity index (χ4v) is 0.952. The van der Waals surface area contributed by atoms with Gasteiger partial charge in [-0.25, -0.2) is 4.79 Å². The van der Waals surface area contributed by atoms with E-state index in [9.17, 15) is 26.7 Å². The van der Waals surface area contributed by atoms with Crippen molar-refractivity contribution < 1.29 is 36.2 Å². The predicted octanol–water partition coefficient (Wildman–Crippen LogP) is 2.78. The molecule has 0 bridgehead atoms. The van der Waals surface area contributed by atoms with E-state index in [1.54, 1.807) is 6.07 Å². The molecule has 0 saturated heterocycles. The standard InChI is InChI=1S/C11H8F5NO3/c12-10(13,11(14,15)16)6-19-9(18)8(17)20-7-4-2-1-3-5-7/h1-5,17H,6H2. The average Bonchev–Trinajstić information content (AvgIpc) is 2.35. The fraction of sp³-hybridized carbons (Fsp3) is 0.273. The van der Waals surface area contributed by atoms with Crippen molar-refractivity contribution in [3.63, 3.8) is 0 Å². The molecule has 0 heterocycles. The first-order chi connectivity index (χ1) is 9.13. The SMILES string of the molecule is N=C(Oc1ccccc1)C(=O)OCC(F)(F)C(F)(F)F. The van der Waals surface area contributed by atoms with Gasteiger partial charge in [0.25, 0.3) is 5.90 Å². The van der Waals surface area contributed by atoms with Gasteiger partial charge in [-0.2, -0.15) is 22.0 Å². The minimum absolute atomic E-state index is 0.0389. The van der Waals surface area contributed by atoms with Crippen LogP contribution in [0.4, 0.5) is 22.0 Å². The van der Waals surface area contributed by atoms with Crippen LogP contribution in [0.5, 0.6) is 5.75 Å². The molecule has 0 spiro atoms. The van der Waals surface area contributed by atoms with Crippen LogP contribution in [-0.2, 0) is 9.53 Å². The van der Waals surface area contributed by atoms with Gasteiger partial charge in [0, 0.05) is 0 Å². The largest absolute Gasteiger partial charge is 0.456 e. The molecule has 0 fully saturated rings. The number of carbonyl (C=O) groups excluding carboxylic acids is 1. The second kappa shape index (κ2) is 5.85. The van der Waals surface area contributed by atoms with Gasteiger partial charge in [0.05, 0.1) is 0 Å². The minimum Gasteiger partial charge on any atom is -0.452 e. The number of ether oxygens (including phenoxy) is 2. The first-order valence-corrected chi connectivity index (χ1v) is 5.06. The van der Waals surface area contributed by atoms with Gasteiger partial charge in [-0.1, -0.05) is 18.2 Å². The molecular formula is C11H8F5NO3. The molecule has 0 aliphatic rings. The highest BCUT2D eigenvalue weighted by molar-refractivity contribution is 6.31. The maximum absolute atomic E-state index is 12.5. The van der Waals surface area contributed by atoms with Crippen molar-refractivity contribution in [2.24, 2.45) is 0 Å². The van der Waals surface area contributed by atoms with Crippen molar-refractivity contribution in [2.75, 3.05) is 6.61 Å². The summed E-state index contributed by atoms with van der Waals surface area (Å²) in [6.45, 7) is -2.21. The highest BCUT2D eigenvalue weighted by Crippen LogP contribution is 2.35. The zero-order chi connectivity index (χ0) is 15.4. The van der Waals surface area contributed by atoms with Crippen LogP contribution in [0.1, 0.15) is 0 Å². The van der Waals surface area contributed by atoms with E-state index < -0.39 is 30.6 Å². The Morgan fingerprint density at radius 1 is 1.10 bits per heavy atom. The minimum atomic E-state index is -5.84. The molecule has 1 N–H and O–H groups in total. The molecule has 0 saturated carbocycles. The number of hydrogen-bond acceptors (Lipinski definition) is 4. The summed E-state index contributed by atoms with van der Waals surface area (Å²) in [7, 11) is 0. The molecule has 1 rings (SSSR count). The summed E-state index contributed by atoms with van der Waals surface area (Å²) >= 11 is 0. The molecular weight excluding hydrogens is 289 g/mol. The number of para-hydroxylation sites is 1. The van der Waals surface area contributed by atoms with E-state index in [-0.39, 0.29) is 5.75 Å². The highest BCUT2D eigenvalue weighted by atomic mass is 19.4. The first-order valence-electron chi connectivity index (χ1n) is 5.06. The molecule has 1 aromatic rings. The number of hydrogen-bond donors (Lipinski definition) is 1. The maximum atomic E-state index is 12.5. The molecule has 20 heavy (non-hydrogen) atoms. The number of halogens is 5. The lowest BCUT2D eigenvalue weighted by atomic mass is 10.3. The predicted molar refractivity (Wildman–Crippen MR) is 56.8 cm³/mol. The Kier molecular flexibility index (Phi) is 4.64. The van der Waals surface area contributed by atoms with Gasteiger partial charge >= 0.3 is 18.1 Å². The molecule has 0 unspecified atom stereocenters. The third-order valence-corrected chi connectivity index (χ3v) is 1.95. The second-order valence-corrected chi connectivity index (χ2v) is 3.52. The van der Waals surface area contributed by atoms with Gasteiger partial charge in [-0.15, -0.1) is 0 Å². The Hall–Kier alpha value is -2.19. The molecule has 0 atom stereocenters. The number of carbonyl (C=O) groups is 1. The zero-order valence-corrected chi connectivity index (χ0v) is 9.71. The second-order valence-electron chi connectivity index (χ2n) is 3.52. The maximum Gasteiger partial charge on any atom is 0.456 e. The van der Waals surface area contributed by atoms with Gasteiger partial charge in [-0.05, 0) is 12.1 Å². The van der Waals surface area contributed by atoms with Crippen molar-refractivity contribution >= 4 is 11.9 Å². The van der Waals surface area contributed by atoms with Crippen molar-refractivity contribution in [1.82, 2.24) is 0 Å². The lowest BCUT2D eigenvalue weighted by Crippen LogP contribution is -2.42. The molecule has 110 valence electrons. The summed E-state index contributed by atoms with van der Waals surface area (Å²) in [6.07, 6.45) is -5.84. The molecule has 0 radical (unpaired) electrons. The normalized spacial score (nSPS) is 11.8. The monoisotopic (exact) mass is 297 g/mol. The van der Waals surface area contributed by atoms with Crippen molar-refractivity contribution in [3.05, 3.63) is 30.3 Å². The van der Waals surface area contributed by atoms with Crippen molar-refractivity contribution in [1.29, 1.82) is 5.41 Å². The quantitative estimate of drug-likeness (QED) is 0.404. The van der Waals surface area contributed by atoms with E-state index >= 15 is 0 Å². The van der Waals surface area contributed by atoms with E-state index in [0.29, 0.717) is 0 Å².